The normalized spacial score (nSPS) is 12.1. The van der Waals surface area contributed by atoms with Crippen LogP contribution in [0.25, 0.3) is 0 Å². The molecule has 0 saturated heterocycles. The highest BCUT2D eigenvalue weighted by Gasteiger charge is 2.12. The summed E-state index contributed by atoms with van der Waals surface area (Å²) in [5, 5.41) is 6.82. The van der Waals surface area contributed by atoms with Gasteiger partial charge in [-0.2, -0.15) is 11.3 Å². The maximum Gasteiger partial charge on any atom is 0.271 e. The lowest BCUT2D eigenvalue weighted by molar-refractivity contribution is 0.0934. The standard InChI is InChI=1S/C11H12N4OS/c1-7(8-2-3-17-6-8)15-11(16)9-4-14-10(12)5-13-9/h2-7H,1H3,(H2,12,14)(H,15,16). The largest absolute Gasteiger partial charge is 0.382 e. The van der Waals surface area contributed by atoms with Crippen LogP contribution < -0.4 is 11.1 Å². The van der Waals surface area contributed by atoms with Crippen molar-refractivity contribution in [2.24, 2.45) is 0 Å². The van der Waals surface area contributed by atoms with E-state index in [-0.39, 0.29) is 17.6 Å². The summed E-state index contributed by atoms with van der Waals surface area (Å²) in [6.45, 7) is 1.92. The Hall–Kier alpha value is -1.95. The Morgan fingerprint density at radius 1 is 1.47 bits per heavy atom. The summed E-state index contributed by atoms with van der Waals surface area (Å²) in [5.41, 5.74) is 6.74. The monoisotopic (exact) mass is 248 g/mol. The van der Waals surface area contributed by atoms with Gasteiger partial charge in [0.15, 0.2) is 0 Å². The van der Waals surface area contributed by atoms with Gasteiger partial charge in [-0.3, -0.25) is 4.79 Å². The van der Waals surface area contributed by atoms with Crippen LogP contribution in [0.15, 0.2) is 29.2 Å². The lowest BCUT2D eigenvalue weighted by Gasteiger charge is -2.11. The van der Waals surface area contributed by atoms with E-state index in [1.807, 2.05) is 23.8 Å². The molecule has 2 aromatic rings. The molecule has 0 saturated carbocycles. The smallest absolute Gasteiger partial charge is 0.271 e. The van der Waals surface area contributed by atoms with Gasteiger partial charge in [0.2, 0.25) is 0 Å². The Morgan fingerprint density at radius 2 is 2.29 bits per heavy atom. The zero-order chi connectivity index (χ0) is 12.3. The van der Waals surface area contributed by atoms with Gasteiger partial charge in [0, 0.05) is 0 Å². The molecule has 5 nitrogen and oxygen atoms in total. The van der Waals surface area contributed by atoms with E-state index < -0.39 is 0 Å². The summed E-state index contributed by atoms with van der Waals surface area (Å²) < 4.78 is 0. The van der Waals surface area contributed by atoms with Gasteiger partial charge in [0.25, 0.3) is 5.91 Å². The minimum absolute atomic E-state index is 0.0481. The lowest BCUT2D eigenvalue weighted by Crippen LogP contribution is -2.27. The molecule has 0 aliphatic carbocycles. The van der Waals surface area contributed by atoms with Gasteiger partial charge in [-0.25, -0.2) is 9.97 Å². The quantitative estimate of drug-likeness (QED) is 0.864. The molecule has 88 valence electrons. The number of hydrogen-bond donors (Lipinski definition) is 2. The van der Waals surface area contributed by atoms with E-state index in [9.17, 15) is 4.79 Å². The lowest BCUT2D eigenvalue weighted by atomic mass is 10.2. The summed E-state index contributed by atoms with van der Waals surface area (Å²) in [6, 6.07) is 1.93. The van der Waals surface area contributed by atoms with Crippen LogP contribution in [0.2, 0.25) is 0 Å². The van der Waals surface area contributed by atoms with Crippen LogP contribution in [0, 0.1) is 0 Å². The fourth-order valence-corrected chi connectivity index (χ4v) is 2.08. The van der Waals surface area contributed by atoms with Gasteiger partial charge in [-0.15, -0.1) is 0 Å². The maximum absolute atomic E-state index is 11.8. The number of amides is 1. The molecule has 0 fully saturated rings. The van der Waals surface area contributed by atoms with Crippen molar-refractivity contribution in [2.45, 2.75) is 13.0 Å². The minimum Gasteiger partial charge on any atom is -0.382 e. The Kier molecular flexibility index (Phi) is 3.34. The molecule has 1 unspecified atom stereocenters. The van der Waals surface area contributed by atoms with Gasteiger partial charge in [-0.1, -0.05) is 0 Å². The molecule has 6 heteroatoms. The van der Waals surface area contributed by atoms with Crippen LogP contribution in [0.1, 0.15) is 29.0 Å². The van der Waals surface area contributed by atoms with Gasteiger partial charge in [0.05, 0.1) is 18.4 Å². The SMILES string of the molecule is CC(NC(=O)c1cnc(N)cn1)c1ccsc1. The summed E-state index contributed by atoms with van der Waals surface area (Å²) in [6.07, 6.45) is 2.73. The number of carbonyl (C=O) groups excluding carboxylic acids is 1. The van der Waals surface area contributed by atoms with E-state index in [0.29, 0.717) is 5.82 Å². The number of hydrogen-bond acceptors (Lipinski definition) is 5. The summed E-state index contributed by atoms with van der Waals surface area (Å²) in [4.78, 5) is 19.6. The maximum atomic E-state index is 11.8. The number of anilines is 1. The third-order valence-electron chi connectivity index (χ3n) is 2.30. The molecule has 0 aromatic carbocycles. The van der Waals surface area contributed by atoms with E-state index in [2.05, 4.69) is 15.3 Å². The third-order valence-corrected chi connectivity index (χ3v) is 3.00. The summed E-state index contributed by atoms with van der Waals surface area (Å²) >= 11 is 1.60. The highest BCUT2D eigenvalue weighted by Crippen LogP contribution is 2.15. The van der Waals surface area contributed by atoms with Crippen molar-refractivity contribution < 1.29 is 4.79 Å². The second kappa shape index (κ2) is 4.92. The summed E-state index contributed by atoms with van der Waals surface area (Å²) in [5.74, 6) is 0.0450. The van der Waals surface area contributed by atoms with Crippen LogP contribution in [0.5, 0.6) is 0 Å². The molecule has 2 heterocycles. The first kappa shape index (κ1) is 11.5. The number of thiophene rings is 1. The third kappa shape index (κ3) is 2.79. The van der Waals surface area contributed by atoms with Crippen molar-refractivity contribution >= 4 is 23.1 Å². The number of aromatic nitrogens is 2. The Labute approximate surface area is 103 Å². The number of nitrogens with one attached hydrogen (secondary N) is 1. The number of carbonyl (C=O) groups is 1. The van der Waals surface area contributed by atoms with Crippen molar-refractivity contribution in [3.05, 3.63) is 40.5 Å². The fourth-order valence-electron chi connectivity index (χ4n) is 1.33. The first-order valence-electron chi connectivity index (χ1n) is 5.07. The fraction of sp³-hybridized carbons (Fsp3) is 0.182. The highest BCUT2D eigenvalue weighted by molar-refractivity contribution is 7.07. The molecule has 0 spiro atoms. The Bertz CT molecular complexity index is 495. The predicted molar refractivity (Wildman–Crippen MR) is 66.6 cm³/mol. The van der Waals surface area contributed by atoms with E-state index in [0.717, 1.165) is 5.56 Å². The molecular weight excluding hydrogens is 236 g/mol. The van der Waals surface area contributed by atoms with Crippen LogP contribution >= 0.6 is 11.3 Å². The highest BCUT2D eigenvalue weighted by atomic mass is 32.1. The van der Waals surface area contributed by atoms with E-state index in [1.165, 1.54) is 12.4 Å². The Balaban J connectivity index is 2.04. The van der Waals surface area contributed by atoms with Crippen molar-refractivity contribution in [1.82, 2.24) is 15.3 Å². The summed E-state index contributed by atoms with van der Waals surface area (Å²) in [7, 11) is 0. The second-order valence-electron chi connectivity index (χ2n) is 3.58. The molecule has 0 aliphatic heterocycles. The van der Waals surface area contributed by atoms with Crippen LogP contribution in [-0.4, -0.2) is 15.9 Å². The molecule has 0 radical (unpaired) electrons. The van der Waals surface area contributed by atoms with Crippen molar-refractivity contribution in [3.63, 3.8) is 0 Å². The van der Waals surface area contributed by atoms with Gasteiger partial charge >= 0.3 is 0 Å². The number of nitrogen functional groups attached to an aromatic ring is 1. The second-order valence-corrected chi connectivity index (χ2v) is 4.36. The van der Waals surface area contributed by atoms with Crippen molar-refractivity contribution in [2.75, 3.05) is 5.73 Å². The molecule has 0 aliphatic rings. The predicted octanol–water partition coefficient (Wildman–Crippen LogP) is 1.61. The topological polar surface area (TPSA) is 80.9 Å². The van der Waals surface area contributed by atoms with Gasteiger partial charge < -0.3 is 11.1 Å². The van der Waals surface area contributed by atoms with Crippen molar-refractivity contribution in [3.8, 4) is 0 Å². The minimum atomic E-state index is -0.254. The zero-order valence-corrected chi connectivity index (χ0v) is 10.1. The number of nitrogens with zero attached hydrogens (tertiary/aromatic N) is 2. The first-order chi connectivity index (χ1) is 8.16. The zero-order valence-electron chi connectivity index (χ0n) is 9.25. The molecule has 17 heavy (non-hydrogen) atoms. The van der Waals surface area contributed by atoms with Crippen LogP contribution in [-0.2, 0) is 0 Å². The van der Waals surface area contributed by atoms with Crippen LogP contribution in [0.3, 0.4) is 0 Å². The van der Waals surface area contributed by atoms with E-state index in [4.69, 9.17) is 5.73 Å². The molecule has 2 rings (SSSR count). The van der Waals surface area contributed by atoms with E-state index >= 15 is 0 Å². The average molecular weight is 248 g/mol. The molecule has 1 amide bonds. The Morgan fingerprint density at radius 3 is 2.88 bits per heavy atom. The molecule has 0 bridgehead atoms. The van der Waals surface area contributed by atoms with Crippen molar-refractivity contribution in [1.29, 1.82) is 0 Å². The molecule has 2 aromatic heterocycles. The van der Waals surface area contributed by atoms with Gasteiger partial charge in [-0.05, 0) is 29.3 Å². The number of nitrogens with two attached hydrogens (primary N) is 1. The molecule has 3 N–H and O–H groups in total. The first-order valence-corrected chi connectivity index (χ1v) is 6.01. The van der Waals surface area contributed by atoms with E-state index in [1.54, 1.807) is 11.3 Å². The van der Waals surface area contributed by atoms with Gasteiger partial charge in [0.1, 0.15) is 11.5 Å². The average Bonchev–Trinajstić information content (AvgIpc) is 2.83. The van der Waals surface area contributed by atoms with Crippen LogP contribution in [0.4, 0.5) is 5.82 Å². The number of rotatable bonds is 3. The molecule has 1 atom stereocenters. The molecular formula is C11H12N4OS.